The van der Waals surface area contributed by atoms with Crippen LogP contribution in [-0.4, -0.2) is 48.1 Å². The second kappa shape index (κ2) is 7.49. The van der Waals surface area contributed by atoms with Gasteiger partial charge in [-0.2, -0.15) is 0 Å². The van der Waals surface area contributed by atoms with Crippen molar-refractivity contribution in [3.63, 3.8) is 0 Å². The van der Waals surface area contributed by atoms with Crippen LogP contribution in [-0.2, 0) is 20.4 Å². The summed E-state index contributed by atoms with van der Waals surface area (Å²) in [7, 11) is -4.19. The Morgan fingerprint density at radius 1 is 1.50 bits per heavy atom. The molecule has 12 heteroatoms. The molecule has 11 nitrogen and oxygen atoms in total. The van der Waals surface area contributed by atoms with Crippen molar-refractivity contribution >= 4 is 30.7 Å². The Morgan fingerprint density at radius 2 is 2.25 bits per heavy atom. The van der Waals surface area contributed by atoms with Crippen LogP contribution in [0.3, 0.4) is 0 Å². The molecule has 0 spiro atoms. The fourth-order valence-electron chi connectivity index (χ4n) is 1.77. The SMILES string of the molecule is C[C@H](NP(=O)(O)OC/C=C\Cn1cnc2c(N)ncnc21)C(=O)O. The van der Waals surface area contributed by atoms with E-state index in [0.717, 1.165) is 0 Å². The number of fused-ring (bicyclic) bond motifs is 1. The van der Waals surface area contributed by atoms with Crippen LogP contribution < -0.4 is 10.8 Å². The second-order valence-electron chi connectivity index (χ2n) is 4.80. The molecule has 0 saturated heterocycles. The molecule has 0 aliphatic rings. The number of imidazole rings is 1. The number of aromatic nitrogens is 4. The average molecular weight is 356 g/mol. The van der Waals surface area contributed by atoms with Crippen molar-refractivity contribution < 1.29 is 23.9 Å². The second-order valence-corrected chi connectivity index (χ2v) is 6.36. The first kappa shape index (κ1) is 18.0. The molecule has 0 amide bonds. The minimum Gasteiger partial charge on any atom is -0.480 e. The Hall–Kier alpha value is -2.33. The van der Waals surface area contributed by atoms with Crippen molar-refractivity contribution in [1.82, 2.24) is 24.6 Å². The van der Waals surface area contributed by atoms with E-state index in [1.165, 1.54) is 19.3 Å². The summed E-state index contributed by atoms with van der Waals surface area (Å²) >= 11 is 0. The van der Waals surface area contributed by atoms with Gasteiger partial charge >= 0.3 is 13.7 Å². The van der Waals surface area contributed by atoms with Crippen LogP contribution in [0, 0.1) is 0 Å². The third kappa shape index (κ3) is 4.59. The van der Waals surface area contributed by atoms with Crippen LogP contribution in [0.2, 0.25) is 0 Å². The molecule has 2 rings (SSSR count). The number of nitrogens with one attached hydrogen (secondary N) is 1. The zero-order valence-corrected chi connectivity index (χ0v) is 13.6. The van der Waals surface area contributed by atoms with Gasteiger partial charge in [-0.3, -0.25) is 9.32 Å². The minimum atomic E-state index is -4.19. The molecule has 2 aromatic rings. The Labute approximate surface area is 136 Å². The van der Waals surface area contributed by atoms with Crippen molar-refractivity contribution in [2.75, 3.05) is 12.3 Å². The molecule has 2 heterocycles. The van der Waals surface area contributed by atoms with Gasteiger partial charge in [0.05, 0.1) is 12.9 Å². The van der Waals surface area contributed by atoms with Gasteiger partial charge in [0.15, 0.2) is 11.5 Å². The lowest BCUT2D eigenvalue weighted by Gasteiger charge is -2.14. The van der Waals surface area contributed by atoms with Gasteiger partial charge in [-0.05, 0) is 6.92 Å². The number of rotatable bonds is 8. The van der Waals surface area contributed by atoms with Crippen LogP contribution >= 0.6 is 7.75 Å². The molecule has 2 atom stereocenters. The maximum Gasteiger partial charge on any atom is 0.403 e. The molecular weight excluding hydrogens is 339 g/mol. The molecule has 5 N–H and O–H groups in total. The predicted molar refractivity (Wildman–Crippen MR) is 84.9 cm³/mol. The van der Waals surface area contributed by atoms with Crippen LogP contribution in [0.25, 0.3) is 11.2 Å². The van der Waals surface area contributed by atoms with Gasteiger partial charge in [0.2, 0.25) is 0 Å². The van der Waals surface area contributed by atoms with Gasteiger partial charge in [-0.25, -0.2) is 24.6 Å². The average Bonchev–Trinajstić information content (AvgIpc) is 2.91. The number of nitrogens with zero attached hydrogens (tertiary/aromatic N) is 4. The topological polar surface area (TPSA) is 165 Å². The van der Waals surface area contributed by atoms with Gasteiger partial charge < -0.3 is 20.3 Å². The first-order valence-electron chi connectivity index (χ1n) is 6.84. The number of nitrogens with two attached hydrogens (primary N) is 1. The van der Waals surface area contributed by atoms with E-state index in [1.807, 2.05) is 5.09 Å². The molecule has 130 valence electrons. The molecule has 0 bridgehead atoms. The zero-order chi connectivity index (χ0) is 17.7. The largest absolute Gasteiger partial charge is 0.480 e. The van der Waals surface area contributed by atoms with Gasteiger partial charge in [0, 0.05) is 6.54 Å². The lowest BCUT2D eigenvalue weighted by Crippen LogP contribution is -2.31. The Balaban J connectivity index is 1.87. The van der Waals surface area contributed by atoms with Crippen molar-refractivity contribution in [3.8, 4) is 0 Å². The fourth-order valence-corrected chi connectivity index (χ4v) is 2.73. The number of hydrogen-bond acceptors (Lipinski definition) is 7. The van der Waals surface area contributed by atoms with Crippen LogP contribution in [0.1, 0.15) is 6.92 Å². The summed E-state index contributed by atoms with van der Waals surface area (Å²) in [5.41, 5.74) is 6.74. The number of anilines is 1. The highest BCUT2D eigenvalue weighted by atomic mass is 31.2. The molecule has 0 fully saturated rings. The molecule has 2 aromatic heterocycles. The quantitative estimate of drug-likeness (QED) is 0.377. The van der Waals surface area contributed by atoms with Gasteiger partial charge in [-0.1, -0.05) is 12.2 Å². The van der Waals surface area contributed by atoms with E-state index in [4.69, 9.17) is 15.4 Å². The molecule has 24 heavy (non-hydrogen) atoms. The van der Waals surface area contributed by atoms with E-state index >= 15 is 0 Å². The maximum atomic E-state index is 11.6. The smallest absolute Gasteiger partial charge is 0.403 e. The van der Waals surface area contributed by atoms with E-state index in [1.54, 1.807) is 17.0 Å². The van der Waals surface area contributed by atoms with E-state index in [9.17, 15) is 14.3 Å². The molecule has 0 aromatic carbocycles. The minimum absolute atomic E-state index is 0.170. The third-order valence-electron chi connectivity index (χ3n) is 2.97. The number of hydrogen-bond donors (Lipinski definition) is 4. The summed E-state index contributed by atoms with van der Waals surface area (Å²) < 4.78 is 18.1. The summed E-state index contributed by atoms with van der Waals surface area (Å²) in [5.74, 6) is -0.970. The Kier molecular flexibility index (Phi) is 5.62. The zero-order valence-electron chi connectivity index (χ0n) is 12.7. The monoisotopic (exact) mass is 356 g/mol. The third-order valence-corrected chi connectivity index (χ3v) is 4.18. The van der Waals surface area contributed by atoms with Gasteiger partial charge in [0.1, 0.15) is 17.9 Å². The van der Waals surface area contributed by atoms with Crippen molar-refractivity contribution in [2.45, 2.75) is 19.5 Å². The van der Waals surface area contributed by atoms with Crippen molar-refractivity contribution in [1.29, 1.82) is 0 Å². The number of allylic oxidation sites excluding steroid dienone is 1. The highest BCUT2D eigenvalue weighted by Gasteiger charge is 2.24. The molecule has 0 radical (unpaired) electrons. The van der Waals surface area contributed by atoms with Crippen LogP contribution in [0.5, 0.6) is 0 Å². The standard InChI is InChI=1S/C12H17N6O5P/c1-8(12(19)20)17-24(21,22)23-5-3-2-4-18-7-16-9-10(13)14-6-15-11(9)18/h2-3,6-8H,4-5H2,1H3,(H,19,20)(H2,13,14,15)(H2,17,21,22)/b3-2-/t8-/m0/s1. The number of aliphatic carboxylic acids is 1. The van der Waals surface area contributed by atoms with Crippen LogP contribution in [0.15, 0.2) is 24.8 Å². The maximum absolute atomic E-state index is 11.6. The highest BCUT2D eigenvalue weighted by molar-refractivity contribution is 7.50. The first-order chi connectivity index (χ1) is 11.3. The lowest BCUT2D eigenvalue weighted by atomic mass is 10.4. The van der Waals surface area contributed by atoms with E-state index in [0.29, 0.717) is 17.7 Å². The van der Waals surface area contributed by atoms with Crippen molar-refractivity contribution in [2.24, 2.45) is 0 Å². The predicted octanol–water partition coefficient (Wildman–Crippen LogP) is 0.144. The van der Waals surface area contributed by atoms with Crippen molar-refractivity contribution in [3.05, 3.63) is 24.8 Å². The summed E-state index contributed by atoms with van der Waals surface area (Å²) in [5, 5.41) is 10.7. The Morgan fingerprint density at radius 3 is 2.96 bits per heavy atom. The fraction of sp³-hybridized carbons (Fsp3) is 0.333. The first-order valence-corrected chi connectivity index (χ1v) is 8.42. The molecular formula is C12H17N6O5P. The summed E-state index contributed by atoms with van der Waals surface area (Å²) in [6, 6.07) is -1.20. The number of carboxylic acids is 1. The summed E-state index contributed by atoms with van der Waals surface area (Å²) in [6.45, 7) is 1.46. The number of carboxylic acid groups (broad SMARTS) is 1. The highest BCUT2D eigenvalue weighted by Crippen LogP contribution is 2.37. The van der Waals surface area contributed by atoms with E-state index < -0.39 is 19.8 Å². The van der Waals surface area contributed by atoms with E-state index in [2.05, 4.69) is 15.0 Å². The van der Waals surface area contributed by atoms with Gasteiger partial charge in [0.25, 0.3) is 0 Å². The molecule has 0 aliphatic heterocycles. The van der Waals surface area contributed by atoms with Gasteiger partial charge in [-0.15, -0.1) is 0 Å². The molecule has 0 aliphatic carbocycles. The molecule has 1 unspecified atom stereocenters. The normalized spacial score (nSPS) is 15.6. The number of nitrogen functional groups attached to an aromatic ring is 1. The van der Waals surface area contributed by atoms with Crippen LogP contribution in [0.4, 0.5) is 5.82 Å². The lowest BCUT2D eigenvalue weighted by molar-refractivity contribution is -0.138. The molecule has 0 saturated carbocycles. The Bertz CT molecular complexity index is 806. The number of carbonyl (C=O) groups is 1. The summed E-state index contributed by atoms with van der Waals surface area (Å²) in [4.78, 5) is 32.1. The summed E-state index contributed by atoms with van der Waals surface area (Å²) in [6.07, 6.45) is 6.08. The van der Waals surface area contributed by atoms with E-state index in [-0.39, 0.29) is 12.4 Å².